The Morgan fingerprint density at radius 3 is 2.64 bits per heavy atom. The highest BCUT2D eigenvalue weighted by Crippen LogP contribution is 2.66. The van der Waals surface area contributed by atoms with Crippen molar-refractivity contribution in [2.45, 2.75) is 84.3 Å². The molecule has 3 N–H and O–H groups in total. The fourth-order valence-electron chi connectivity index (χ4n) is 8.12. The number of aliphatic hydroxyl groups excluding tert-OH is 2. The van der Waals surface area contributed by atoms with Crippen LogP contribution >= 0.6 is 0 Å². The van der Waals surface area contributed by atoms with Gasteiger partial charge in [-0.15, -0.1) is 0 Å². The van der Waals surface area contributed by atoms with Gasteiger partial charge in [-0.05, 0) is 91.3 Å². The SMILES string of the molecule is C[C@H](CCC(=O)O)[C@H]1C[C@@H](O)[C@H]2[C@@H]3CC[C@@H]4C[C@H](O)CC[C@]4(C)[C@H]3C=C[C@@]21C. The Morgan fingerprint density at radius 1 is 1.18 bits per heavy atom. The van der Waals surface area contributed by atoms with Gasteiger partial charge in [0.05, 0.1) is 12.2 Å². The second-order valence-corrected chi connectivity index (χ2v) is 11.0. The molecule has 3 fully saturated rings. The number of hydrogen-bond donors (Lipinski definition) is 3. The maximum atomic E-state index is 11.2. The molecule has 158 valence electrons. The highest BCUT2D eigenvalue weighted by atomic mass is 16.4. The summed E-state index contributed by atoms with van der Waals surface area (Å²) in [4.78, 5) is 11.0. The van der Waals surface area contributed by atoms with Gasteiger partial charge in [0.15, 0.2) is 0 Å². The molecule has 3 saturated carbocycles. The van der Waals surface area contributed by atoms with E-state index in [0.717, 1.165) is 32.1 Å². The Kier molecular flexibility index (Phi) is 5.19. The largest absolute Gasteiger partial charge is 0.481 e. The van der Waals surface area contributed by atoms with Crippen LogP contribution in [0, 0.1) is 46.3 Å². The molecule has 4 heteroatoms. The molecule has 0 aromatic carbocycles. The summed E-state index contributed by atoms with van der Waals surface area (Å²) in [5.74, 6) is 1.82. The molecule has 28 heavy (non-hydrogen) atoms. The Hall–Kier alpha value is -0.870. The zero-order valence-corrected chi connectivity index (χ0v) is 17.7. The highest BCUT2D eigenvalue weighted by Gasteiger charge is 2.61. The first-order chi connectivity index (χ1) is 13.2. The average Bonchev–Trinajstić information content (AvgIpc) is 2.91. The summed E-state index contributed by atoms with van der Waals surface area (Å²) in [6.45, 7) is 6.93. The number of rotatable bonds is 4. The van der Waals surface area contributed by atoms with Crippen molar-refractivity contribution < 1.29 is 20.1 Å². The van der Waals surface area contributed by atoms with Crippen molar-refractivity contribution in [3.63, 3.8) is 0 Å². The van der Waals surface area contributed by atoms with Crippen LogP contribution in [-0.2, 0) is 4.79 Å². The molecule has 0 bridgehead atoms. The van der Waals surface area contributed by atoms with E-state index in [1.165, 1.54) is 6.42 Å². The molecule has 4 aliphatic carbocycles. The number of carboxylic acids is 1. The second kappa shape index (κ2) is 7.12. The minimum Gasteiger partial charge on any atom is -0.481 e. The topological polar surface area (TPSA) is 77.8 Å². The Morgan fingerprint density at radius 2 is 1.93 bits per heavy atom. The van der Waals surface area contributed by atoms with E-state index in [4.69, 9.17) is 5.11 Å². The molecule has 0 aromatic rings. The lowest BCUT2D eigenvalue weighted by molar-refractivity contribution is -0.137. The molecule has 0 spiro atoms. The number of carbonyl (C=O) groups is 1. The van der Waals surface area contributed by atoms with Crippen LogP contribution in [0.3, 0.4) is 0 Å². The lowest BCUT2D eigenvalue weighted by atomic mass is 9.46. The minimum atomic E-state index is -0.725. The van der Waals surface area contributed by atoms with Crippen molar-refractivity contribution in [1.82, 2.24) is 0 Å². The van der Waals surface area contributed by atoms with Gasteiger partial charge >= 0.3 is 5.97 Å². The number of aliphatic hydroxyl groups is 2. The van der Waals surface area contributed by atoms with E-state index >= 15 is 0 Å². The molecule has 4 rings (SSSR count). The van der Waals surface area contributed by atoms with Crippen LogP contribution in [0.1, 0.15) is 72.1 Å². The molecule has 0 aliphatic heterocycles. The van der Waals surface area contributed by atoms with Gasteiger partial charge < -0.3 is 15.3 Å². The molecule has 0 radical (unpaired) electrons. The average molecular weight is 391 g/mol. The van der Waals surface area contributed by atoms with E-state index in [9.17, 15) is 15.0 Å². The predicted octanol–water partition coefficient (Wildman–Crippen LogP) is 4.25. The van der Waals surface area contributed by atoms with Crippen molar-refractivity contribution in [3.05, 3.63) is 12.2 Å². The van der Waals surface area contributed by atoms with E-state index < -0.39 is 5.97 Å². The maximum absolute atomic E-state index is 11.2. The highest BCUT2D eigenvalue weighted by molar-refractivity contribution is 5.66. The number of aliphatic carboxylic acids is 1. The Bertz CT molecular complexity index is 645. The van der Waals surface area contributed by atoms with Gasteiger partial charge in [-0.25, -0.2) is 0 Å². The smallest absolute Gasteiger partial charge is 0.303 e. The summed E-state index contributed by atoms with van der Waals surface area (Å²) >= 11 is 0. The monoisotopic (exact) mass is 390 g/mol. The zero-order chi connectivity index (χ0) is 20.3. The summed E-state index contributed by atoms with van der Waals surface area (Å²) in [6, 6.07) is 0. The zero-order valence-electron chi connectivity index (χ0n) is 17.7. The Balaban J connectivity index is 1.61. The molecule has 10 atom stereocenters. The van der Waals surface area contributed by atoms with Gasteiger partial charge in [-0.1, -0.05) is 32.9 Å². The molecule has 0 saturated heterocycles. The fraction of sp³-hybridized carbons (Fsp3) is 0.875. The third-order valence-corrected chi connectivity index (χ3v) is 9.63. The van der Waals surface area contributed by atoms with Crippen LogP contribution in [0.2, 0.25) is 0 Å². The van der Waals surface area contributed by atoms with E-state index in [0.29, 0.717) is 36.0 Å². The summed E-state index contributed by atoms with van der Waals surface area (Å²) < 4.78 is 0. The summed E-state index contributed by atoms with van der Waals surface area (Å²) in [5, 5.41) is 30.4. The lowest BCUT2D eigenvalue weighted by Gasteiger charge is -2.59. The molecule has 4 nitrogen and oxygen atoms in total. The minimum absolute atomic E-state index is 0.0319. The first-order valence-electron chi connectivity index (χ1n) is 11.4. The van der Waals surface area contributed by atoms with Crippen molar-refractivity contribution in [2.24, 2.45) is 46.3 Å². The third kappa shape index (κ3) is 3.06. The molecular weight excluding hydrogens is 352 g/mol. The van der Waals surface area contributed by atoms with Crippen LogP contribution < -0.4 is 0 Å². The van der Waals surface area contributed by atoms with Crippen LogP contribution in [0.5, 0.6) is 0 Å². The summed E-state index contributed by atoms with van der Waals surface area (Å²) in [5.41, 5.74) is 0.211. The molecule has 0 aromatic heterocycles. The quantitative estimate of drug-likeness (QED) is 0.627. The van der Waals surface area contributed by atoms with Gasteiger partial charge in [-0.2, -0.15) is 0 Å². The lowest BCUT2D eigenvalue weighted by Crippen LogP contribution is -2.53. The molecule has 4 aliphatic rings. The second-order valence-electron chi connectivity index (χ2n) is 11.0. The van der Waals surface area contributed by atoms with Crippen LogP contribution in [-0.4, -0.2) is 33.5 Å². The Labute approximate surface area is 169 Å². The molecule has 0 unspecified atom stereocenters. The molecule has 0 amide bonds. The van der Waals surface area contributed by atoms with Gasteiger partial charge in [0.25, 0.3) is 0 Å². The maximum Gasteiger partial charge on any atom is 0.303 e. The van der Waals surface area contributed by atoms with Gasteiger partial charge in [0.2, 0.25) is 0 Å². The van der Waals surface area contributed by atoms with Crippen molar-refractivity contribution in [1.29, 1.82) is 0 Å². The fourth-order valence-corrected chi connectivity index (χ4v) is 8.12. The van der Waals surface area contributed by atoms with E-state index in [1.54, 1.807) is 0 Å². The molecular formula is C24H38O4. The van der Waals surface area contributed by atoms with Crippen molar-refractivity contribution >= 4 is 5.97 Å². The first kappa shape index (κ1) is 20.4. The van der Waals surface area contributed by atoms with Crippen molar-refractivity contribution in [3.8, 4) is 0 Å². The number of allylic oxidation sites excluding steroid dienone is 2. The normalized spacial score (nSPS) is 51.1. The summed E-state index contributed by atoms with van der Waals surface area (Å²) in [7, 11) is 0. The van der Waals surface area contributed by atoms with Crippen molar-refractivity contribution in [2.75, 3.05) is 0 Å². The molecule has 0 heterocycles. The summed E-state index contributed by atoms with van der Waals surface area (Å²) in [6.07, 6.45) is 11.4. The first-order valence-corrected chi connectivity index (χ1v) is 11.4. The van der Waals surface area contributed by atoms with E-state index in [1.807, 2.05) is 0 Å². The number of carboxylic acid groups (broad SMARTS) is 1. The standard InChI is InChI=1S/C24H38O4/c1-14(4-7-21(27)28)19-13-20(26)22-17-6-5-15-12-16(25)8-10-23(15,2)18(17)9-11-24(19,22)3/h9,11,14-20,22,25-26H,4-8,10,12-13H2,1-3H3,(H,27,28)/t14-,15-,16-,17-,18+,19-,20-,22-,23+,24-/m1/s1. The van der Waals surface area contributed by atoms with Crippen LogP contribution in [0.4, 0.5) is 0 Å². The number of hydrogen-bond acceptors (Lipinski definition) is 3. The predicted molar refractivity (Wildman–Crippen MR) is 109 cm³/mol. The number of fused-ring (bicyclic) bond motifs is 5. The van der Waals surface area contributed by atoms with E-state index in [-0.39, 0.29) is 35.4 Å². The van der Waals surface area contributed by atoms with Gasteiger partial charge in [-0.3, -0.25) is 4.79 Å². The van der Waals surface area contributed by atoms with Gasteiger partial charge in [0, 0.05) is 6.42 Å². The van der Waals surface area contributed by atoms with E-state index in [2.05, 4.69) is 32.9 Å². The van der Waals surface area contributed by atoms with Gasteiger partial charge in [0.1, 0.15) is 0 Å². The third-order valence-electron chi connectivity index (χ3n) is 9.63. The van der Waals surface area contributed by atoms with Crippen LogP contribution in [0.25, 0.3) is 0 Å². The van der Waals surface area contributed by atoms with Crippen LogP contribution in [0.15, 0.2) is 12.2 Å².